The Hall–Kier alpha value is -0.120. The number of rotatable bonds is 4. The zero-order valence-electron chi connectivity index (χ0n) is 5.68. The molecule has 0 heterocycles. The lowest BCUT2D eigenvalue weighted by Gasteiger charge is -2.05. The van der Waals surface area contributed by atoms with Crippen molar-refractivity contribution in [1.82, 2.24) is 0 Å². The van der Waals surface area contributed by atoms with E-state index in [0.29, 0.717) is 0 Å². The lowest BCUT2D eigenvalue weighted by Crippen LogP contribution is -2.11. The molecule has 2 nitrogen and oxygen atoms in total. The van der Waals surface area contributed by atoms with Crippen LogP contribution in [-0.2, 0) is 4.79 Å². The minimum atomic E-state index is -1.23. The molecule has 0 saturated heterocycles. The van der Waals surface area contributed by atoms with Gasteiger partial charge < -0.3 is 5.11 Å². The summed E-state index contributed by atoms with van der Waals surface area (Å²) >= 11 is 3.13. The second-order valence-electron chi connectivity index (χ2n) is 2.21. The molecule has 0 amide bonds. The van der Waals surface area contributed by atoms with Gasteiger partial charge in [-0.2, -0.15) is 0 Å². The molecular formula is C6H10BrFO2. The van der Waals surface area contributed by atoms with E-state index >= 15 is 0 Å². The molecule has 0 aromatic heterocycles. The molecule has 0 bridgehead atoms. The largest absolute Gasteiger partial charge is 0.481 e. The van der Waals surface area contributed by atoms with Gasteiger partial charge in [0.1, 0.15) is 6.17 Å². The van der Waals surface area contributed by atoms with Crippen molar-refractivity contribution in [2.45, 2.75) is 30.8 Å². The monoisotopic (exact) mass is 212 g/mol. The van der Waals surface area contributed by atoms with E-state index in [1.807, 2.05) is 0 Å². The Labute approximate surface area is 67.6 Å². The molecule has 0 aliphatic carbocycles. The zero-order chi connectivity index (χ0) is 8.15. The van der Waals surface area contributed by atoms with E-state index in [-0.39, 0.29) is 11.2 Å². The lowest BCUT2D eigenvalue weighted by molar-refractivity contribution is -0.138. The first-order valence-corrected chi connectivity index (χ1v) is 3.94. The van der Waals surface area contributed by atoms with E-state index in [0.717, 1.165) is 0 Å². The minimum absolute atomic E-state index is 0.0434. The Balaban J connectivity index is 3.43. The van der Waals surface area contributed by atoms with Crippen LogP contribution in [0.2, 0.25) is 0 Å². The molecular weight excluding hydrogens is 203 g/mol. The number of halogens is 2. The maximum atomic E-state index is 12.5. The summed E-state index contributed by atoms with van der Waals surface area (Å²) in [6.45, 7) is 1.79. The van der Waals surface area contributed by atoms with Crippen LogP contribution in [0.4, 0.5) is 4.39 Å². The highest BCUT2D eigenvalue weighted by Gasteiger charge is 2.13. The number of alkyl halides is 2. The molecule has 2 unspecified atom stereocenters. The van der Waals surface area contributed by atoms with E-state index in [2.05, 4.69) is 15.9 Å². The van der Waals surface area contributed by atoms with Crippen molar-refractivity contribution in [3.63, 3.8) is 0 Å². The van der Waals surface area contributed by atoms with E-state index in [1.165, 1.54) is 0 Å². The van der Waals surface area contributed by atoms with Crippen LogP contribution < -0.4 is 0 Å². The second-order valence-corrected chi connectivity index (χ2v) is 3.77. The van der Waals surface area contributed by atoms with Crippen molar-refractivity contribution < 1.29 is 14.3 Å². The predicted octanol–water partition coefficient (Wildman–Crippen LogP) is 1.97. The number of carboxylic acids is 1. The van der Waals surface area contributed by atoms with Gasteiger partial charge in [-0.25, -0.2) is 4.39 Å². The van der Waals surface area contributed by atoms with Gasteiger partial charge in [-0.1, -0.05) is 22.9 Å². The summed E-state index contributed by atoms with van der Waals surface area (Å²) in [6.07, 6.45) is -1.37. The van der Waals surface area contributed by atoms with Crippen LogP contribution >= 0.6 is 15.9 Å². The maximum Gasteiger partial charge on any atom is 0.306 e. The average molecular weight is 213 g/mol. The molecule has 0 aliphatic heterocycles. The Morgan fingerprint density at radius 3 is 2.60 bits per heavy atom. The summed E-state index contributed by atoms with van der Waals surface area (Å²) in [7, 11) is 0. The standard InChI is InChI=1S/C6H10BrFO2/c1-4(7)2-5(8)3-6(9)10/h4-5H,2-3H2,1H3,(H,9,10). The van der Waals surface area contributed by atoms with Gasteiger partial charge in [0.15, 0.2) is 0 Å². The van der Waals surface area contributed by atoms with Gasteiger partial charge in [0, 0.05) is 4.83 Å². The molecule has 4 heteroatoms. The van der Waals surface area contributed by atoms with Crippen LogP contribution in [0.15, 0.2) is 0 Å². The number of carbonyl (C=O) groups is 1. The van der Waals surface area contributed by atoms with Gasteiger partial charge in [-0.15, -0.1) is 0 Å². The molecule has 0 fully saturated rings. The molecule has 0 spiro atoms. The van der Waals surface area contributed by atoms with E-state index in [9.17, 15) is 9.18 Å². The third kappa shape index (κ3) is 6.01. The molecule has 0 rings (SSSR count). The molecule has 2 atom stereocenters. The van der Waals surface area contributed by atoms with Crippen LogP contribution in [-0.4, -0.2) is 22.1 Å². The first-order chi connectivity index (χ1) is 4.52. The molecule has 1 N–H and O–H groups in total. The highest BCUT2D eigenvalue weighted by atomic mass is 79.9. The molecule has 0 radical (unpaired) electrons. The van der Waals surface area contributed by atoms with Gasteiger partial charge in [0.05, 0.1) is 6.42 Å². The molecule has 0 aliphatic rings. The normalized spacial score (nSPS) is 16.3. The van der Waals surface area contributed by atoms with Crippen molar-refractivity contribution in [2.75, 3.05) is 0 Å². The smallest absolute Gasteiger partial charge is 0.306 e. The second kappa shape index (κ2) is 4.66. The average Bonchev–Trinajstić information content (AvgIpc) is 1.58. The third-order valence-electron chi connectivity index (χ3n) is 0.977. The fraction of sp³-hybridized carbons (Fsp3) is 0.833. The molecule has 0 aromatic carbocycles. The Morgan fingerprint density at radius 2 is 2.30 bits per heavy atom. The van der Waals surface area contributed by atoms with Crippen molar-refractivity contribution >= 4 is 21.9 Å². The molecule has 60 valence electrons. The van der Waals surface area contributed by atoms with Crippen LogP contribution in [0.25, 0.3) is 0 Å². The van der Waals surface area contributed by atoms with Crippen molar-refractivity contribution in [2.24, 2.45) is 0 Å². The predicted molar refractivity (Wildman–Crippen MR) is 40.2 cm³/mol. The summed E-state index contributed by atoms with van der Waals surface area (Å²) in [5, 5.41) is 8.14. The summed E-state index contributed by atoms with van der Waals surface area (Å²) in [5.74, 6) is -1.08. The van der Waals surface area contributed by atoms with E-state index in [1.54, 1.807) is 6.92 Å². The first-order valence-electron chi connectivity index (χ1n) is 3.02. The minimum Gasteiger partial charge on any atom is -0.481 e. The van der Waals surface area contributed by atoms with E-state index < -0.39 is 18.6 Å². The summed E-state index contributed by atoms with van der Waals surface area (Å²) < 4.78 is 12.5. The van der Waals surface area contributed by atoms with Crippen molar-refractivity contribution in [3.05, 3.63) is 0 Å². The van der Waals surface area contributed by atoms with Crippen molar-refractivity contribution in [1.29, 1.82) is 0 Å². The third-order valence-corrected chi connectivity index (χ3v) is 1.35. The number of aliphatic carboxylic acids is 1. The van der Waals surface area contributed by atoms with Gasteiger partial charge >= 0.3 is 5.97 Å². The Morgan fingerprint density at radius 1 is 1.80 bits per heavy atom. The topological polar surface area (TPSA) is 37.3 Å². The van der Waals surface area contributed by atoms with Gasteiger partial charge in [-0.05, 0) is 6.42 Å². The number of hydrogen-bond acceptors (Lipinski definition) is 1. The first kappa shape index (κ1) is 9.88. The molecule has 0 saturated carbocycles. The van der Waals surface area contributed by atoms with Crippen LogP contribution in [0, 0.1) is 0 Å². The summed E-state index contributed by atoms with van der Waals surface area (Å²) in [5.41, 5.74) is 0. The molecule has 10 heavy (non-hydrogen) atoms. The SMILES string of the molecule is CC(Br)CC(F)CC(=O)O. The number of hydrogen-bond donors (Lipinski definition) is 1. The summed E-state index contributed by atoms with van der Waals surface area (Å²) in [4.78, 5) is 9.98. The number of carboxylic acid groups (broad SMARTS) is 1. The Bertz CT molecular complexity index is 116. The fourth-order valence-electron chi connectivity index (χ4n) is 0.625. The van der Waals surface area contributed by atoms with Crippen LogP contribution in [0.3, 0.4) is 0 Å². The van der Waals surface area contributed by atoms with Crippen LogP contribution in [0.5, 0.6) is 0 Å². The highest BCUT2D eigenvalue weighted by molar-refractivity contribution is 9.09. The maximum absolute atomic E-state index is 12.5. The van der Waals surface area contributed by atoms with Gasteiger partial charge in [0.2, 0.25) is 0 Å². The molecule has 0 aromatic rings. The van der Waals surface area contributed by atoms with Crippen molar-refractivity contribution in [3.8, 4) is 0 Å². The lowest BCUT2D eigenvalue weighted by atomic mass is 10.2. The summed E-state index contributed by atoms with van der Waals surface area (Å²) in [6, 6.07) is 0. The van der Waals surface area contributed by atoms with Gasteiger partial charge in [-0.3, -0.25) is 4.79 Å². The van der Waals surface area contributed by atoms with Crippen LogP contribution in [0.1, 0.15) is 19.8 Å². The Kier molecular flexibility index (Phi) is 4.60. The van der Waals surface area contributed by atoms with Gasteiger partial charge in [0.25, 0.3) is 0 Å². The zero-order valence-corrected chi connectivity index (χ0v) is 7.27. The fourth-order valence-corrected chi connectivity index (χ4v) is 1.03. The highest BCUT2D eigenvalue weighted by Crippen LogP contribution is 2.12. The van der Waals surface area contributed by atoms with E-state index in [4.69, 9.17) is 5.11 Å². The quantitative estimate of drug-likeness (QED) is 0.725.